The Kier molecular flexibility index (Phi) is 4.55. The number of carbonyl (C=O) groups excluding carboxylic acids is 2. The van der Waals surface area contributed by atoms with Crippen LogP contribution in [0.4, 0.5) is 0 Å². The van der Waals surface area contributed by atoms with Crippen LogP contribution in [0.3, 0.4) is 0 Å². The first-order chi connectivity index (χ1) is 9.20. The molecule has 1 atom stereocenters. The van der Waals surface area contributed by atoms with Crippen LogP contribution in [-0.4, -0.2) is 29.6 Å². The summed E-state index contributed by atoms with van der Waals surface area (Å²) >= 11 is 1.50. The Morgan fingerprint density at radius 2 is 2.47 bits per heavy atom. The van der Waals surface area contributed by atoms with Crippen molar-refractivity contribution in [2.24, 2.45) is 0 Å². The van der Waals surface area contributed by atoms with Crippen molar-refractivity contribution in [2.45, 2.75) is 25.4 Å². The van der Waals surface area contributed by atoms with Crippen molar-refractivity contribution in [2.75, 3.05) is 6.61 Å². The van der Waals surface area contributed by atoms with Crippen molar-refractivity contribution < 1.29 is 14.7 Å². The molecule has 1 fully saturated rings. The van der Waals surface area contributed by atoms with Gasteiger partial charge in [-0.1, -0.05) is 11.8 Å². The fraction of sp³-hybridized carbons (Fsp3) is 0.385. The molecule has 0 saturated carbocycles. The first kappa shape index (κ1) is 13.6. The quantitative estimate of drug-likeness (QED) is 0.680. The molecule has 0 bridgehead atoms. The van der Waals surface area contributed by atoms with Gasteiger partial charge in [0, 0.05) is 16.9 Å². The van der Waals surface area contributed by atoms with Gasteiger partial charge in [0.15, 0.2) is 0 Å². The minimum absolute atomic E-state index is 0.0780. The first-order valence-electron chi connectivity index (χ1n) is 5.94. The van der Waals surface area contributed by atoms with E-state index >= 15 is 0 Å². The largest absolute Gasteiger partial charge is 0.384 e. The molecule has 100 valence electrons. The van der Waals surface area contributed by atoms with Crippen LogP contribution in [-0.2, 0) is 16.1 Å². The van der Waals surface area contributed by atoms with Gasteiger partial charge in [-0.15, -0.1) is 11.3 Å². The molecular weight excluding hydrogens is 264 g/mol. The molecule has 2 heterocycles. The summed E-state index contributed by atoms with van der Waals surface area (Å²) in [6.45, 7) is 0.202. The van der Waals surface area contributed by atoms with E-state index in [1.807, 2.05) is 11.4 Å². The van der Waals surface area contributed by atoms with Gasteiger partial charge in [-0.05, 0) is 17.9 Å². The third-order valence-corrected chi connectivity index (χ3v) is 3.70. The number of hydrogen-bond acceptors (Lipinski definition) is 4. The molecule has 0 aliphatic carbocycles. The van der Waals surface area contributed by atoms with Crippen LogP contribution < -0.4 is 10.6 Å². The summed E-state index contributed by atoms with van der Waals surface area (Å²) in [5.41, 5.74) is 0.815. The molecule has 1 aliphatic rings. The van der Waals surface area contributed by atoms with E-state index in [2.05, 4.69) is 22.5 Å². The van der Waals surface area contributed by atoms with E-state index in [1.165, 1.54) is 11.3 Å². The molecule has 2 rings (SSSR count). The van der Waals surface area contributed by atoms with Gasteiger partial charge in [-0.2, -0.15) is 0 Å². The van der Waals surface area contributed by atoms with Gasteiger partial charge in [0.1, 0.15) is 12.6 Å². The summed E-state index contributed by atoms with van der Waals surface area (Å²) in [5, 5.41) is 16.0. The Bertz CT molecular complexity index is 542. The highest BCUT2D eigenvalue weighted by atomic mass is 32.1. The molecular formula is C13H14N2O3S. The second-order valence-electron chi connectivity index (χ2n) is 4.09. The standard InChI is InChI=1S/C13H14N2O3S/c16-6-1-2-9-5-7-19-11(9)8-14-13(18)10-3-4-12(17)15-10/h5,7,10,16H,3-4,6,8H2,(H,14,18)(H,15,17). The maximum absolute atomic E-state index is 11.8. The fourth-order valence-corrected chi connectivity index (χ4v) is 2.59. The van der Waals surface area contributed by atoms with Crippen LogP contribution in [0.2, 0.25) is 0 Å². The molecule has 3 N–H and O–H groups in total. The number of aliphatic hydroxyl groups is 1. The average Bonchev–Trinajstić information content (AvgIpc) is 3.02. The first-order valence-corrected chi connectivity index (χ1v) is 6.82. The Morgan fingerprint density at radius 3 is 3.16 bits per heavy atom. The number of thiophene rings is 1. The molecule has 0 aromatic carbocycles. The summed E-state index contributed by atoms with van der Waals surface area (Å²) < 4.78 is 0. The number of amides is 2. The minimum Gasteiger partial charge on any atom is -0.384 e. The molecule has 6 heteroatoms. The molecule has 1 aliphatic heterocycles. The highest BCUT2D eigenvalue weighted by molar-refractivity contribution is 7.10. The number of carbonyl (C=O) groups is 2. The van der Waals surface area contributed by atoms with E-state index < -0.39 is 6.04 Å². The van der Waals surface area contributed by atoms with Crippen LogP contribution in [0.1, 0.15) is 23.3 Å². The molecule has 5 nitrogen and oxygen atoms in total. The molecule has 1 aromatic rings. The smallest absolute Gasteiger partial charge is 0.242 e. The van der Waals surface area contributed by atoms with Gasteiger partial charge < -0.3 is 15.7 Å². The van der Waals surface area contributed by atoms with Crippen molar-refractivity contribution in [1.29, 1.82) is 0 Å². The third-order valence-electron chi connectivity index (χ3n) is 2.78. The monoisotopic (exact) mass is 278 g/mol. The van der Waals surface area contributed by atoms with Gasteiger partial charge in [-0.25, -0.2) is 0 Å². The predicted molar refractivity (Wildman–Crippen MR) is 71.3 cm³/mol. The minimum atomic E-state index is -0.417. The zero-order valence-electron chi connectivity index (χ0n) is 10.2. The second kappa shape index (κ2) is 6.36. The molecule has 0 radical (unpaired) electrons. The van der Waals surface area contributed by atoms with Gasteiger partial charge in [0.2, 0.25) is 11.8 Å². The van der Waals surface area contributed by atoms with Gasteiger partial charge >= 0.3 is 0 Å². The lowest BCUT2D eigenvalue weighted by Gasteiger charge is -2.10. The van der Waals surface area contributed by atoms with E-state index in [0.29, 0.717) is 19.4 Å². The van der Waals surface area contributed by atoms with E-state index in [1.54, 1.807) is 0 Å². The highest BCUT2D eigenvalue weighted by Gasteiger charge is 2.26. The molecule has 19 heavy (non-hydrogen) atoms. The second-order valence-corrected chi connectivity index (χ2v) is 5.09. The lowest BCUT2D eigenvalue weighted by Crippen LogP contribution is -2.41. The van der Waals surface area contributed by atoms with Gasteiger partial charge in [0.05, 0.1) is 6.54 Å². The number of rotatable bonds is 3. The Labute approximate surface area is 115 Å². The Hall–Kier alpha value is -1.84. The lowest BCUT2D eigenvalue weighted by molar-refractivity contribution is -0.125. The topological polar surface area (TPSA) is 78.4 Å². The maximum Gasteiger partial charge on any atom is 0.242 e. The predicted octanol–water partition coefficient (Wildman–Crippen LogP) is -0.0133. The van der Waals surface area contributed by atoms with E-state index in [4.69, 9.17) is 5.11 Å². The van der Waals surface area contributed by atoms with E-state index in [0.717, 1.165) is 10.4 Å². The van der Waals surface area contributed by atoms with Crippen LogP contribution in [0.5, 0.6) is 0 Å². The summed E-state index contributed by atoms with van der Waals surface area (Å²) in [7, 11) is 0. The van der Waals surface area contributed by atoms with Crippen LogP contribution in [0.25, 0.3) is 0 Å². The summed E-state index contributed by atoms with van der Waals surface area (Å²) in [6.07, 6.45) is 0.955. The summed E-state index contributed by atoms with van der Waals surface area (Å²) in [4.78, 5) is 23.8. The third kappa shape index (κ3) is 3.56. The van der Waals surface area contributed by atoms with Crippen molar-refractivity contribution >= 4 is 23.2 Å². The normalized spacial score (nSPS) is 17.5. The van der Waals surface area contributed by atoms with E-state index in [-0.39, 0.29) is 18.4 Å². The zero-order chi connectivity index (χ0) is 13.7. The molecule has 1 unspecified atom stereocenters. The zero-order valence-corrected chi connectivity index (χ0v) is 11.0. The van der Waals surface area contributed by atoms with Crippen molar-refractivity contribution in [3.05, 3.63) is 21.9 Å². The van der Waals surface area contributed by atoms with Crippen LogP contribution in [0.15, 0.2) is 11.4 Å². The van der Waals surface area contributed by atoms with E-state index in [9.17, 15) is 9.59 Å². The summed E-state index contributed by atoms with van der Waals surface area (Å²) in [6, 6.07) is 1.44. The fourth-order valence-electron chi connectivity index (χ4n) is 1.82. The highest BCUT2D eigenvalue weighted by Crippen LogP contribution is 2.15. The SMILES string of the molecule is O=C1CCC(C(=O)NCc2sccc2C#CCO)N1. The Morgan fingerprint density at radius 1 is 1.63 bits per heavy atom. The molecule has 1 aromatic heterocycles. The van der Waals surface area contributed by atoms with Crippen molar-refractivity contribution in [3.8, 4) is 11.8 Å². The van der Waals surface area contributed by atoms with Crippen LogP contribution in [0, 0.1) is 11.8 Å². The van der Waals surface area contributed by atoms with Crippen molar-refractivity contribution in [1.82, 2.24) is 10.6 Å². The number of aliphatic hydroxyl groups excluding tert-OH is 1. The Balaban J connectivity index is 1.90. The van der Waals surface area contributed by atoms with Gasteiger partial charge in [0.25, 0.3) is 0 Å². The number of nitrogens with one attached hydrogen (secondary N) is 2. The van der Waals surface area contributed by atoms with Gasteiger partial charge in [-0.3, -0.25) is 9.59 Å². The maximum atomic E-state index is 11.8. The average molecular weight is 278 g/mol. The molecule has 1 saturated heterocycles. The summed E-state index contributed by atoms with van der Waals surface area (Å²) in [5.74, 6) is 5.17. The lowest BCUT2D eigenvalue weighted by atomic mass is 10.2. The molecule has 0 spiro atoms. The van der Waals surface area contributed by atoms with Crippen molar-refractivity contribution in [3.63, 3.8) is 0 Å². The number of hydrogen-bond donors (Lipinski definition) is 3. The molecule has 2 amide bonds. The van der Waals surface area contributed by atoms with Crippen LogP contribution >= 0.6 is 11.3 Å².